The van der Waals surface area contributed by atoms with Crippen molar-refractivity contribution in [3.63, 3.8) is 0 Å². The molecule has 0 aromatic heterocycles. The second-order valence-electron chi connectivity index (χ2n) is 14.4. The van der Waals surface area contributed by atoms with Crippen LogP contribution in [0.5, 0.6) is 0 Å². The van der Waals surface area contributed by atoms with Gasteiger partial charge in [0.05, 0.1) is 0 Å². The summed E-state index contributed by atoms with van der Waals surface area (Å²) in [5.41, 5.74) is 11.2. The minimum absolute atomic E-state index is 0.124. The molecule has 9 rings (SSSR count). The summed E-state index contributed by atoms with van der Waals surface area (Å²) in [6, 6.07) is 80.0. The van der Waals surface area contributed by atoms with Crippen LogP contribution in [0, 0.1) is 0 Å². The average molecular weight is 773 g/mol. The first-order valence-electron chi connectivity index (χ1n) is 20.0. The van der Waals surface area contributed by atoms with Gasteiger partial charge in [-0.05, 0) is 107 Å². The molecule has 9 aromatic carbocycles. The Kier molecular flexibility index (Phi) is 10.7. The topological polar surface area (TPSA) is 40.6 Å². The van der Waals surface area contributed by atoms with Crippen LogP contribution in [-0.4, -0.2) is 11.6 Å². The smallest absolute Gasteiger partial charge is 0.193 e. The molecule has 0 amide bonds. The number of anilines is 6. The van der Waals surface area contributed by atoms with E-state index < -0.39 is 0 Å². The molecule has 4 heteroatoms. The van der Waals surface area contributed by atoms with Crippen LogP contribution in [0.3, 0.4) is 0 Å². The van der Waals surface area contributed by atoms with E-state index in [1.807, 2.05) is 170 Å². The zero-order valence-electron chi connectivity index (χ0n) is 32.8. The lowest BCUT2D eigenvalue weighted by Crippen LogP contribution is -2.11. The van der Waals surface area contributed by atoms with Gasteiger partial charge in [0, 0.05) is 56.4 Å². The average Bonchev–Trinajstić information content (AvgIpc) is 3.33. The highest BCUT2D eigenvalue weighted by Crippen LogP contribution is 2.40. The molecule has 9 aromatic rings. The van der Waals surface area contributed by atoms with Gasteiger partial charge in [0.2, 0.25) is 0 Å². The Morgan fingerprint density at radius 3 is 0.767 bits per heavy atom. The minimum atomic E-state index is -0.124. The lowest BCUT2D eigenvalue weighted by atomic mass is 9.85. The van der Waals surface area contributed by atoms with Crippen molar-refractivity contribution in [2.24, 2.45) is 0 Å². The van der Waals surface area contributed by atoms with E-state index in [9.17, 15) is 9.59 Å². The van der Waals surface area contributed by atoms with Crippen molar-refractivity contribution in [2.45, 2.75) is 0 Å². The van der Waals surface area contributed by atoms with E-state index in [1.165, 1.54) is 0 Å². The third kappa shape index (κ3) is 7.78. The Hall–Kier alpha value is -8.08. The van der Waals surface area contributed by atoms with E-state index in [2.05, 4.69) is 82.6 Å². The Morgan fingerprint density at radius 1 is 0.267 bits per heavy atom. The molecule has 0 N–H and O–H groups in total. The molecule has 0 atom stereocenters. The summed E-state index contributed by atoms with van der Waals surface area (Å²) in [6.07, 6.45) is 0. The molecule has 286 valence electrons. The predicted molar refractivity (Wildman–Crippen MR) is 246 cm³/mol. The van der Waals surface area contributed by atoms with Gasteiger partial charge in [0.25, 0.3) is 0 Å². The molecule has 0 radical (unpaired) electrons. The zero-order chi connectivity index (χ0) is 40.7. The fourth-order valence-corrected chi connectivity index (χ4v) is 7.73. The van der Waals surface area contributed by atoms with Gasteiger partial charge in [-0.25, -0.2) is 0 Å². The number of carbonyl (C=O) groups excluding carboxylic acids is 2. The van der Waals surface area contributed by atoms with Crippen molar-refractivity contribution >= 4 is 45.7 Å². The van der Waals surface area contributed by atoms with Crippen LogP contribution in [0.1, 0.15) is 31.8 Å². The van der Waals surface area contributed by atoms with E-state index in [0.717, 1.165) is 45.3 Å². The fraction of sp³-hybridized carbons (Fsp3) is 0. The first-order valence-corrected chi connectivity index (χ1v) is 20.0. The van der Waals surface area contributed by atoms with Crippen LogP contribution in [0.2, 0.25) is 0 Å². The van der Waals surface area contributed by atoms with Gasteiger partial charge in [-0.15, -0.1) is 0 Å². The standard InChI is InChI=1S/C56H40N2O2/c59-55(43-19-7-1-8-20-43)53-39-52(42-33-37-50(38-34-42)58(47-27-15-5-16-28-47)48-29-17-6-18-30-48)54(56(60)44-21-9-2-10-22-44)40-51(53)41-31-35-49(36-32-41)57(45-23-11-3-12-24-45)46-25-13-4-14-26-46/h1-40H. The number of rotatable bonds is 12. The Balaban J connectivity index is 1.20. The summed E-state index contributed by atoms with van der Waals surface area (Å²) in [4.78, 5) is 33.8. The van der Waals surface area contributed by atoms with E-state index in [-0.39, 0.29) is 11.6 Å². The maximum absolute atomic E-state index is 14.7. The second kappa shape index (κ2) is 17.2. The maximum atomic E-state index is 14.7. The van der Waals surface area contributed by atoms with Gasteiger partial charge >= 0.3 is 0 Å². The number of ketones is 2. The third-order valence-corrected chi connectivity index (χ3v) is 10.6. The van der Waals surface area contributed by atoms with Crippen LogP contribution in [0.25, 0.3) is 22.3 Å². The molecule has 0 aliphatic rings. The zero-order valence-corrected chi connectivity index (χ0v) is 32.8. The number of nitrogens with zero attached hydrogens (tertiary/aromatic N) is 2. The molecular weight excluding hydrogens is 733 g/mol. The van der Waals surface area contributed by atoms with Gasteiger partial charge in [-0.1, -0.05) is 158 Å². The molecule has 0 aliphatic heterocycles. The van der Waals surface area contributed by atoms with E-state index in [0.29, 0.717) is 33.4 Å². The fourth-order valence-electron chi connectivity index (χ4n) is 7.73. The molecule has 0 bridgehead atoms. The molecule has 0 unspecified atom stereocenters. The normalized spacial score (nSPS) is 10.8. The first-order chi connectivity index (χ1) is 29.6. The first kappa shape index (κ1) is 37.5. The van der Waals surface area contributed by atoms with Crippen LogP contribution in [0.4, 0.5) is 34.1 Å². The van der Waals surface area contributed by atoms with Crippen molar-refractivity contribution in [1.82, 2.24) is 0 Å². The number of hydrogen-bond donors (Lipinski definition) is 0. The van der Waals surface area contributed by atoms with Gasteiger partial charge < -0.3 is 9.80 Å². The molecule has 4 nitrogen and oxygen atoms in total. The molecule has 0 heterocycles. The highest BCUT2D eigenvalue weighted by atomic mass is 16.1. The maximum Gasteiger partial charge on any atom is 0.193 e. The van der Waals surface area contributed by atoms with Gasteiger partial charge in [0.1, 0.15) is 0 Å². The quantitative estimate of drug-likeness (QED) is 0.116. The summed E-state index contributed by atoms with van der Waals surface area (Å²) >= 11 is 0. The van der Waals surface area contributed by atoms with Crippen LogP contribution < -0.4 is 9.80 Å². The minimum Gasteiger partial charge on any atom is -0.311 e. The lowest BCUT2D eigenvalue weighted by molar-refractivity contribution is 0.102. The van der Waals surface area contributed by atoms with Gasteiger partial charge in [-0.2, -0.15) is 0 Å². The highest BCUT2D eigenvalue weighted by Gasteiger charge is 2.24. The molecule has 0 saturated heterocycles. The summed E-state index contributed by atoms with van der Waals surface area (Å²) in [5, 5.41) is 0. The van der Waals surface area contributed by atoms with Crippen molar-refractivity contribution in [2.75, 3.05) is 9.80 Å². The SMILES string of the molecule is O=C(c1ccccc1)c1cc(-c2ccc(N(c3ccccc3)c3ccccc3)cc2)c(C(=O)c2ccccc2)cc1-c1ccc(N(c2ccccc2)c2ccccc2)cc1. The Labute approximate surface area is 350 Å². The van der Waals surface area contributed by atoms with Crippen molar-refractivity contribution in [3.05, 3.63) is 265 Å². The van der Waals surface area contributed by atoms with E-state index in [4.69, 9.17) is 0 Å². The number of para-hydroxylation sites is 4. The molecular formula is C56H40N2O2. The van der Waals surface area contributed by atoms with Crippen LogP contribution >= 0.6 is 0 Å². The molecule has 0 spiro atoms. The molecule has 0 fully saturated rings. The van der Waals surface area contributed by atoms with Crippen molar-refractivity contribution in [3.8, 4) is 22.3 Å². The third-order valence-electron chi connectivity index (χ3n) is 10.6. The monoisotopic (exact) mass is 772 g/mol. The Morgan fingerprint density at radius 2 is 0.500 bits per heavy atom. The summed E-state index contributed by atoms with van der Waals surface area (Å²) in [7, 11) is 0. The lowest BCUT2D eigenvalue weighted by Gasteiger charge is -2.26. The van der Waals surface area contributed by atoms with Crippen molar-refractivity contribution < 1.29 is 9.59 Å². The second-order valence-corrected chi connectivity index (χ2v) is 14.4. The van der Waals surface area contributed by atoms with Gasteiger partial charge in [-0.3, -0.25) is 9.59 Å². The molecule has 60 heavy (non-hydrogen) atoms. The predicted octanol–water partition coefficient (Wildman–Crippen LogP) is 14.4. The number of carbonyl (C=O) groups is 2. The summed E-state index contributed by atoms with van der Waals surface area (Å²) < 4.78 is 0. The molecule has 0 saturated carbocycles. The number of hydrogen-bond acceptors (Lipinski definition) is 4. The molecule has 0 aliphatic carbocycles. The summed E-state index contributed by atoms with van der Waals surface area (Å²) in [5.74, 6) is -0.249. The Bertz CT molecular complexity index is 2570. The van der Waals surface area contributed by atoms with Gasteiger partial charge in [0.15, 0.2) is 11.6 Å². The van der Waals surface area contributed by atoms with Crippen LogP contribution in [0.15, 0.2) is 243 Å². The largest absolute Gasteiger partial charge is 0.311 e. The number of benzene rings is 9. The van der Waals surface area contributed by atoms with Crippen molar-refractivity contribution in [1.29, 1.82) is 0 Å². The van der Waals surface area contributed by atoms with Crippen LogP contribution in [-0.2, 0) is 0 Å². The summed E-state index contributed by atoms with van der Waals surface area (Å²) in [6.45, 7) is 0. The van der Waals surface area contributed by atoms with E-state index in [1.54, 1.807) is 0 Å². The van der Waals surface area contributed by atoms with E-state index >= 15 is 0 Å². The highest BCUT2D eigenvalue weighted by molar-refractivity contribution is 6.18.